The highest BCUT2D eigenvalue weighted by atomic mass is 32.2. The van der Waals surface area contributed by atoms with Crippen LogP contribution in [0.2, 0.25) is 0 Å². The summed E-state index contributed by atoms with van der Waals surface area (Å²) in [6, 6.07) is 1.29. The molecule has 6 nitrogen and oxygen atoms in total. The van der Waals surface area contributed by atoms with Gasteiger partial charge in [0.2, 0.25) is 5.91 Å². The third-order valence-corrected chi connectivity index (χ3v) is 7.26. The van der Waals surface area contributed by atoms with Gasteiger partial charge in [-0.2, -0.15) is 11.8 Å². The molecule has 0 saturated heterocycles. The van der Waals surface area contributed by atoms with Crippen LogP contribution in [-0.2, 0) is 11.3 Å². The van der Waals surface area contributed by atoms with Crippen LogP contribution in [0.5, 0.6) is 0 Å². The lowest BCUT2D eigenvalue weighted by atomic mass is 10.0. The van der Waals surface area contributed by atoms with Gasteiger partial charge in [-0.05, 0) is 12.2 Å². The number of aromatic nitrogens is 2. The Morgan fingerprint density at radius 3 is 1.88 bits per heavy atom. The summed E-state index contributed by atoms with van der Waals surface area (Å²) in [5.41, 5.74) is -0.901. The van der Waals surface area contributed by atoms with Crippen LogP contribution >= 0.6 is 11.8 Å². The molecule has 0 aliphatic rings. The number of aryl methyl sites for hydroxylation is 1. The number of H-pyrrole nitrogens is 1. The fourth-order valence-corrected chi connectivity index (χ4v) is 4.91. The summed E-state index contributed by atoms with van der Waals surface area (Å²) in [4.78, 5) is 36.7. The summed E-state index contributed by atoms with van der Waals surface area (Å²) >= 11 is 1.89. The number of aromatic amines is 1. The number of hydrogen-bond donors (Lipinski definition) is 2. The highest BCUT2D eigenvalue weighted by Gasteiger charge is 2.03. The Hall–Kier alpha value is -1.50. The summed E-state index contributed by atoms with van der Waals surface area (Å²) in [5, 5.41) is 2.89. The number of thioether (sulfide) groups is 1. The second-order valence-corrected chi connectivity index (χ2v) is 10.5. The predicted octanol–water partition coefficient (Wildman–Crippen LogP) is 6.04. The molecular formula is C27H49N3O3S. The van der Waals surface area contributed by atoms with Crippen LogP contribution in [0.25, 0.3) is 0 Å². The molecule has 0 atom stereocenters. The number of amides is 1. The maximum absolute atomic E-state index is 11.9. The van der Waals surface area contributed by atoms with E-state index in [1.54, 1.807) is 0 Å². The minimum atomic E-state index is -0.477. The van der Waals surface area contributed by atoms with Crippen LogP contribution in [-0.4, -0.2) is 33.5 Å². The van der Waals surface area contributed by atoms with Crippen molar-refractivity contribution in [3.63, 3.8) is 0 Å². The van der Waals surface area contributed by atoms with Gasteiger partial charge in [0.05, 0.1) is 0 Å². The van der Waals surface area contributed by atoms with Crippen molar-refractivity contribution in [1.29, 1.82) is 0 Å². The third kappa shape index (κ3) is 17.9. The minimum Gasteiger partial charge on any atom is -0.355 e. The van der Waals surface area contributed by atoms with E-state index in [-0.39, 0.29) is 18.9 Å². The van der Waals surface area contributed by atoms with E-state index in [4.69, 9.17) is 0 Å². The van der Waals surface area contributed by atoms with E-state index in [0.29, 0.717) is 6.54 Å². The number of rotatable bonds is 23. The van der Waals surface area contributed by atoms with E-state index in [1.165, 1.54) is 120 Å². The van der Waals surface area contributed by atoms with Crippen LogP contribution in [0.3, 0.4) is 0 Å². The molecule has 0 spiro atoms. The van der Waals surface area contributed by atoms with Crippen molar-refractivity contribution >= 4 is 17.7 Å². The zero-order valence-electron chi connectivity index (χ0n) is 21.6. The van der Waals surface area contributed by atoms with E-state index in [2.05, 4.69) is 17.2 Å². The van der Waals surface area contributed by atoms with Crippen LogP contribution in [0.4, 0.5) is 0 Å². The number of nitrogens with one attached hydrogen (secondary N) is 2. The van der Waals surface area contributed by atoms with Gasteiger partial charge in [-0.15, -0.1) is 0 Å². The normalized spacial score (nSPS) is 11.1. The summed E-state index contributed by atoms with van der Waals surface area (Å²) in [6.07, 6.45) is 23.9. The minimum absolute atomic E-state index is 0.0684. The van der Waals surface area contributed by atoms with Crippen LogP contribution in [0.1, 0.15) is 116 Å². The number of carbonyl (C=O) groups excluding carboxylic acids is 1. The fraction of sp³-hybridized carbons (Fsp3) is 0.815. The Balaban J connectivity index is 1.78. The van der Waals surface area contributed by atoms with Crippen LogP contribution in [0.15, 0.2) is 21.9 Å². The van der Waals surface area contributed by atoms with Crippen molar-refractivity contribution in [2.24, 2.45) is 0 Å². The van der Waals surface area contributed by atoms with E-state index < -0.39 is 11.2 Å². The molecule has 0 aromatic carbocycles. The van der Waals surface area contributed by atoms with E-state index in [1.807, 2.05) is 11.8 Å². The Kier molecular flexibility index (Phi) is 19.8. The molecule has 0 saturated carbocycles. The molecule has 0 bridgehead atoms. The van der Waals surface area contributed by atoms with Gasteiger partial charge >= 0.3 is 5.69 Å². The van der Waals surface area contributed by atoms with E-state index in [9.17, 15) is 14.4 Å². The zero-order chi connectivity index (χ0) is 24.7. The van der Waals surface area contributed by atoms with E-state index >= 15 is 0 Å². The largest absolute Gasteiger partial charge is 0.355 e. The van der Waals surface area contributed by atoms with Crippen molar-refractivity contribution in [1.82, 2.24) is 14.9 Å². The number of nitrogens with zero attached hydrogens (tertiary/aromatic N) is 1. The summed E-state index contributed by atoms with van der Waals surface area (Å²) in [5.74, 6) is 2.01. The lowest BCUT2D eigenvalue weighted by molar-refractivity contribution is -0.121. The highest BCUT2D eigenvalue weighted by Crippen LogP contribution is 2.14. The summed E-state index contributed by atoms with van der Waals surface area (Å²) in [7, 11) is 0. The molecule has 0 aliphatic carbocycles. The Morgan fingerprint density at radius 1 is 0.824 bits per heavy atom. The standard InChI is InChI=1S/C27H49N3O3S/c1-2-3-4-5-6-7-8-9-10-11-12-13-14-15-16-17-23-34-24-20-28-25(31)18-21-30-22-19-26(32)29-27(30)33/h19,22H,2-18,20-21,23-24H2,1H3,(H,28,31)(H,29,32,33). The van der Waals surface area contributed by atoms with Crippen molar-refractivity contribution in [3.8, 4) is 0 Å². The molecule has 1 aromatic rings. The molecule has 0 aliphatic heterocycles. The Labute approximate surface area is 211 Å². The molecular weight excluding hydrogens is 446 g/mol. The Bertz CT molecular complexity index is 732. The quantitative estimate of drug-likeness (QED) is 0.181. The van der Waals surface area contributed by atoms with Gasteiger partial charge in [0, 0.05) is 37.5 Å². The van der Waals surface area contributed by atoms with Crippen molar-refractivity contribution in [3.05, 3.63) is 33.1 Å². The van der Waals surface area contributed by atoms with Crippen molar-refractivity contribution in [2.45, 2.75) is 123 Å². The van der Waals surface area contributed by atoms with Gasteiger partial charge in [0.1, 0.15) is 0 Å². The van der Waals surface area contributed by atoms with Gasteiger partial charge in [-0.1, -0.05) is 103 Å². The molecule has 0 radical (unpaired) electrons. The van der Waals surface area contributed by atoms with Crippen LogP contribution in [0, 0.1) is 0 Å². The summed E-state index contributed by atoms with van der Waals surface area (Å²) < 4.78 is 1.34. The smallest absolute Gasteiger partial charge is 0.328 e. The first-order valence-corrected chi connectivity index (χ1v) is 14.9. The second-order valence-electron chi connectivity index (χ2n) is 9.32. The first-order chi connectivity index (χ1) is 16.6. The predicted molar refractivity (Wildman–Crippen MR) is 146 cm³/mol. The number of hydrogen-bond acceptors (Lipinski definition) is 4. The molecule has 2 N–H and O–H groups in total. The highest BCUT2D eigenvalue weighted by molar-refractivity contribution is 7.99. The average Bonchev–Trinajstić information content (AvgIpc) is 2.82. The van der Waals surface area contributed by atoms with Gasteiger partial charge in [-0.3, -0.25) is 14.6 Å². The number of carbonyl (C=O) groups is 1. The third-order valence-electron chi connectivity index (χ3n) is 6.19. The van der Waals surface area contributed by atoms with Gasteiger partial charge in [0.25, 0.3) is 5.56 Å². The van der Waals surface area contributed by atoms with Gasteiger partial charge < -0.3 is 9.88 Å². The van der Waals surface area contributed by atoms with E-state index in [0.717, 1.165) is 11.5 Å². The topological polar surface area (TPSA) is 84.0 Å². The molecule has 1 rings (SSSR count). The maximum atomic E-state index is 11.9. The maximum Gasteiger partial charge on any atom is 0.328 e. The van der Waals surface area contributed by atoms with Gasteiger partial charge in [-0.25, -0.2) is 4.79 Å². The van der Waals surface area contributed by atoms with Crippen molar-refractivity contribution in [2.75, 3.05) is 18.1 Å². The molecule has 0 unspecified atom stereocenters. The molecule has 7 heteroatoms. The first kappa shape index (κ1) is 30.5. The lowest BCUT2D eigenvalue weighted by Gasteiger charge is -2.07. The SMILES string of the molecule is CCCCCCCCCCCCCCCCCCSCCNC(=O)CCn1ccc(=O)[nH]c1=O. The lowest BCUT2D eigenvalue weighted by Crippen LogP contribution is -2.31. The average molecular weight is 496 g/mol. The molecule has 1 heterocycles. The number of unbranched alkanes of at least 4 members (excludes halogenated alkanes) is 15. The van der Waals surface area contributed by atoms with Crippen molar-refractivity contribution < 1.29 is 4.79 Å². The molecule has 34 heavy (non-hydrogen) atoms. The molecule has 1 amide bonds. The zero-order valence-corrected chi connectivity index (χ0v) is 22.4. The Morgan fingerprint density at radius 2 is 1.35 bits per heavy atom. The monoisotopic (exact) mass is 495 g/mol. The summed E-state index contributed by atoms with van der Waals surface area (Å²) in [6.45, 7) is 3.21. The molecule has 0 fully saturated rings. The van der Waals surface area contributed by atoms with Gasteiger partial charge in [0.15, 0.2) is 0 Å². The second kappa shape index (κ2) is 22.0. The van der Waals surface area contributed by atoms with Crippen LogP contribution < -0.4 is 16.6 Å². The molecule has 1 aromatic heterocycles. The fourth-order valence-electron chi connectivity index (χ4n) is 4.05. The first-order valence-electron chi connectivity index (χ1n) is 13.8. The molecule has 196 valence electrons.